The van der Waals surface area contributed by atoms with Crippen LogP contribution in [0, 0.1) is 0 Å². The lowest BCUT2D eigenvalue weighted by molar-refractivity contribution is -0.120. The number of aromatic amines is 1. The molecule has 0 spiro atoms. The minimum atomic E-state index is 0. The van der Waals surface area contributed by atoms with E-state index in [4.69, 9.17) is 0 Å². The van der Waals surface area contributed by atoms with Crippen molar-refractivity contribution < 1.29 is 4.79 Å². The Labute approximate surface area is 191 Å². The number of carbonyl (C=O) groups is 1. The van der Waals surface area contributed by atoms with Crippen molar-refractivity contribution in [3.63, 3.8) is 0 Å². The lowest BCUT2D eigenvalue weighted by Gasteiger charge is -2.35. The Balaban J connectivity index is 0.00000256. The van der Waals surface area contributed by atoms with Crippen molar-refractivity contribution in [2.75, 3.05) is 31.6 Å². The van der Waals surface area contributed by atoms with E-state index in [2.05, 4.69) is 30.6 Å². The quantitative estimate of drug-likeness (QED) is 0.304. The lowest BCUT2D eigenvalue weighted by Crippen LogP contribution is -2.55. The fraction of sp³-hybridized carbons (Fsp3) is 0.316. The highest BCUT2D eigenvalue weighted by Crippen LogP contribution is 2.17. The van der Waals surface area contributed by atoms with Gasteiger partial charge in [0.15, 0.2) is 11.8 Å². The van der Waals surface area contributed by atoms with Gasteiger partial charge in [0.1, 0.15) is 12.9 Å². The van der Waals surface area contributed by atoms with Gasteiger partial charge in [0.2, 0.25) is 5.91 Å². The molecule has 3 aromatic rings. The molecule has 1 amide bonds. The lowest BCUT2D eigenvalue weighted by atomic mass is 10.1. The number of hydrogen-bond donors (Lipinski definition) is 2. The predicted octanol–water partition coefficient (Wildman–Crippen LogP) is 1.25. The molecule has 11 heteroatoms. The normalized spacial score (nSPS) is 14.6. The van der Waals surface area contributed by atoms with Crippen LogP contribution in [-0.4, -0.2) is 68.4 Å². The summed E-state index contributed by atoms with van der Waals surface area (Å²) in [5.74, 6) is 1.46. The minimum Gasteiger partial charge on any atom is -0.352 e. The number of amides is 1. The van der Waals surface area contributed by atoms with Crippen LogP contribution in [0.25, 0.3) is 11.4 Å². The standard InChI is InChI=1S/C19H23N9O.HI/c1-20-19(21-9-14-4-3-5-15(8-14)18-22-13-23-25-18)27-6-7-28(17(29)12-27)16-10-24-26(2)11-16;/h3-5,8,10-11,13H,6-7,9,12H2,1-2H3,(H,20,21)(H,22,23,25);1H. The molecule has 0 radical (unpaired) electrons. The minimum absolute atomic E-state index is 0. The Morgan fingerprint density at radius 1 is 1.33 bits per heavy atom. The van der Waals surface area contributed by atoms with E-state index in [1.807, 2.05) is 42.4 Å². The van der Waals surface area contributed by atoms with Gasteiger partial charge in [0.05, 0.1) is 11.9 Å². The second-order valence-corrected chi connectivity index (χ2v) is 6.77. The number of H-pyrrole nitrogens is 1. The second kappa shape index (κ2) is 9.69. The van der Waals surface area contributed by atoms with Gasteiger partial charge in [-0.25, -0.2) is 4.98 Å². The predicted molar refractivity (Wildman–Crippen MR) is 125 cm³/mol. The number of hydrogen-bond acceptors (Lipinski definition) is 5. The van der Waals surface area contributed by atoms with Gasteiger partial charge in [-0.1, -0.05) is 18.2 Å². The summed E-state index contributed by atoms with van der Waals surface area (Å²) in [4.78, 5) is 24.9. The SMILES string of the molecule is CN=C(NCc1cccc(-c2ncn[nH]2)c1)N1CCN(c2cnn(C)c2)C(=O)C1.I. The third kappa shape index (κ3) is 4.78. The fourth-order valence-corrected chi connectivity index (χ4v) is 3.36. The maximum Gasteiger partial charge on any atom is 0.246 e. The zero-order valence-corrected chi connectivity index (χ0v) is 19.1. The van der Waals surface area contributed by atoms with E-state index in [-0.39, 0.29) is 36.4 Å². The van der Waals surface area contributed by atoms with Gasteiger partial charge in [-0.15, -0.1) is 24.0 Å². The number of halogens is 1. The van der Waals surface area contributed by atoms with E-state index in [0.29, 0.717) is 25.6 Å². The first-order valence-electron chi connectivity index (χ1n) is 9.33. The highest BCUT2D eigenvalue weighted by molar-refractivity contribution is 14.0. The van der Waals surface area contributed by atoms with Crippen LogP contribution in [0.2, 0.25) is 0 Å². The number of nitrogens with zero attached hydrogens (tertiary/aromatic N) is 7. The van der Waals surface area contributed by atoms with Crippen LogP contribution in [0.3, 0.4) is 0 Å². The first-order valence-corrected chi connectivity index (χ1v) is 9.33. The van der Waals surface area contributed by atoms with Crippen molar-refractivity contribution >= 4 is 41.5 Å². The number of rotatable bonds is 4. The van der Waals surface area contributed by atoms with Crippen LogP contribution < -0.4 is 10.2 Å². The Morgan fingerprint density at radius 3 is 2.87 bits per heavy atom. The summed E-state index contributed by atoms with van der Waals surface area (Å²) in [5.41, 5.74) is 2.88. The Bertz CT molecular complexity index is 1010. The van der Waals surface area contributed by atoms with Gasteiger partial charge < -0.3 is 15.1 Å². The molecule has 1 fully saturated rings. The van der Waals surface area contributed by atoms with Crippen LogP contribution in [0.4, 0.5) is 5.69 Å². The van der Waals surface area contributed by atoms with Crippen molar-refractivity contribution in [3.8, 4) is 11.4 Å². The molecule has 0 unspecified atom stereocenters. The Hall–Kier alpha value is -2.96. The average molecular weight is 521 g/mol. The van der Waals surface area contributed by atoms with Crippen molar-refractivity contribution in [2.24, 2.45) is 12.0 Å². The number of benzene rings is 1. The number of guanidine groups is 1. The third-order valence-corrected chi connectivity index (χ3v) is 4.80. The number of aliphatic imine (C=N–C) groups is 1. The van der Waals surface area contributed by atoms with Gasteiger partial charge in [-0.3, -0.25) is 19.6 Å². The molecule has 0 atom stereocenters. The molecule has 2 aromatic heterocycles. The van der Waals surface area contributed by atoms with E-state index in [0.717, 1.165) is 22.6 Å². The summed E-state index contributed by atoms with van der Waals surface area (Å²) < 4.78 is 1.70. The van der Waals surface area contributed by atoms with Gasteiger partial charge in [-0.05, 0) is 11.6 Å². The zero-order chi connectivity index (χ0) is 20.2. The van der Waals surface area contributed by atoms with Crippen molar-refractivity contribution in [3.05, 3.63) is 48.5 Å². The number of aryl methyl sites for hydroxylation is 1. The molecule has 158 valence electrons. The fourth-order valence-electron chi connectivity index (χ4n) is 3.36. The number of aromatic nitrogens is 5. The third-order valence-electron chi connectivity index (χ3n) is 4.80. The summed E-state index contributed by atoms with van der Waals surface area (Å²) in [6, 6.07) is 8.04. The average Bonchev–Trinajstić information content (AvgIpc) is 3.41. The maximum atomic E-state index is 12.6. The second-order valence-electron chi connectivity index (χ2n) is 6.77. The Kier molecular flexibility index (Phi) is 7.03. The summed E-state index contributed by atoms with van der Waals surface area (Å²) >= 11 is 0. The Morgan fingerprint density at radius 2 is 2.20 bits per heavy atom. The molecular formula is C19H24IN9O. The van der Waals surface area contributed by atoms with Gasteiger partial charge in [0.25, 0.3) is 0 Å². The zero-order valence-electron chi connectivity index (χ0n) is 16.8. The van der Waals surface area contributed by atoms with Crippen molar-refractivity contribution in [1.82, 2.24) is 35.2 Å². The van der Waals surface area contributed by atoms with Crippen LogP contribution in [0.5, 0.6) is 0 Å². The van der Waals surface area contributed by atoms with E-state index in [1.54, 1.807) is 22.8 Å². The molecular weight excluding hydrogens is 497 g/mol. The summed E-state index contributed by atoms with van der Waals surface area (Å²) in [6.45, 7) is 2.14. The largest absolute Gasteiger partial charge is 0.352 e. The highest BCUT2D eigenvalue weighted by atomic mass is 127. The highest BCUT2D eigenvalue weighted by Gasteiger charge is 2.27. The number of piperazine rings is 1. The molecule has 30 heavy (non-hydrogen) atoms. The van der Waals surface area contributed by atoms with Gasteiger partial charge in [-0.2, -0.15) is 10.2 Å². The van der Waals surface area contributed by atoms with E-state index in [9.17, 15) is 4.79 Å². The van der Waals surface area contributed by atoms with E-state index >= 15 is 0 Å². The first-order chi connectivity index (χ1) is 14.1. The van der Waals surface area contributed by atoms with Crippen LogP contribution in [0.1, 0.15) is 5.56 Å². The molecule has 3 heterocycles. The van der Waals surface area contributed by atoms with Crippen LogP contribution in [-0.2, 0) is 18.4 Å². The first kappa shape index (κ1) is 21.7. The molecule has 2 N–H and O–H groups in total. The summed E-state index contributed by atoms with van der Waals surface area (Å²) in [7, 11) is 3.57. The van der Waals surface area contributed by atoms with E-state index < -0.39 is 0 Å². The van der Waals surface area contributed by atoms with Gasteiger partial charge in [0, 0.05) is 45.5 Å². The molecule has 0 bridgehead atoms. The number of anilines is 1. The maximum absolute atomic E-state index is 12.6. The molecule has 1 saturated heterocycles. The van der Waals surface area contributed by atoms with E-state index in [1.165, 1.54) is 6.33 Å². The van der Waals surface area contributed by atoms with Gasteiger partial charge >= 0.3 is 0 Å². The molecule has 1 aliphatic rings. The van der Waals surface area contributed by atoms with Crippen molar-refractivity contribution in [2.45, 2.75) is 6.54 Å². The monoisotopic (exact) mass is 521 g/mol. The van der Waals surface area contributed by atoms with Crippen LogP contribution in [0.15, 0.2) is 48.0 Å². The molecule has 0 aliphatic carbocycles. The topological polar surface area (TPSA) is 107 Å². The summed E-state index contributed by atoms with van der Waals surface area (Å²) in [5, 5.41) is 14.3. The molecule has 1 aromatic carbocycles. The number of carbonyl (C=O) groups excluding carboxylic acids is 1. The molecule has 0 saturated carbocycles. The number of nitrogens with one attached hydrogen (secondary N) is 2. The van der Waals surface area contributed by atoms with Crippen LogP contribution >= 0.6 is 24.0 Å². The smallest absolute Gasteiger partial charge is 0.246 e. The summed E-state index contributed by atoms with van der Waals surface area (Å²) in [6.07, 6.45) is 5.05. The molecule has 4 rings (SSSR count). The van der Waals surface area contributed by atoms with Crippen molar-refractivity contribution in [1.29, 1.82) is 0 Å². The molecule has 10 nitrogen and oxygen atoms in total. The molecule has 1 aliphatic heterocycles.